The second-order valence-corrected chi connectivity index (χ2v) is 7.63. The predicted molar refractivity (Wildman–Crippen MR) is 108 cm³/mol. The Morgan fingerprint density at radius 2 is 1.70 bits per heavy atom. The molecule has 0 saturated carbocycles. The number of amides is 2. The van der Waals surface area contributed by atoms with Crippen LogP contribution in [0.5, 0.6) is 0 Å². The fraction of sp³-hybridized carbons (Fsp3) is 0.364. The number of likely N-dealkylation sites (tertiary alicyclic amines) is 1. The summed E-state index contributed by atoms with van der Waals surface area (Å²) in [5.74, 6) is -0.190. The van der Waals surface area contributed by atoms with Crippen molar-refractivity contribution >= 4 is 23.4 Å². The van der Waals surface area contributed by atoms with Crippen LogP contribution >= 0.6 is 11.6 Å². The summed E-state index contributed by atoms with van der Waals surface area (Å²) in [6, 6.07) is 15.2. The lowest BCUT2D eigenvalue weighted by Gasteiger charge is -2.23. The first-order chi connectivity index (χ1) is 12.9. The molecule has 4 nitrogen and oxygen atoms in total. The molecule has 0 unspecified atom stereocenters. The molecule has 3 rings (SSSR count). The molecule has 1 fully saturated rings. The molecule has 1 saturated heterocycles. The van der Waals surface area contributed by atoms with Crippen molar-refractivity contribution < 1.29 is 9.59 Å². The van der Waals surface area contributed by atoms with Crippen LogP contribution in [-0.2, 0) is 4.79 Å². The number of nitrogens with zero attached hydrogens (tertiary/aromatic N) is 2. The molecule has 27 heavy (non-hydrogen) atoms. The highest BCUT2D eigenvalue weighted by molar-refractivity contribution is 6.30. The quantitative estimate of drug-likeness (QED) is 0.799. The zero-order valence-electron chi connectivity index (χ0n) is 16.0. The highest BCUT2D eigenvalue weighted by Gasteiger charge is 2.41. The molecule has 142 valence electrons. The van der Waals surface area contributed by atoms with Crippen molar-refractivity contribution in [1.82, 2.24) is 9.80 Å². The van der Waals surface area contributed by atoms with Crippen LogP contribution in [0, 0.1) is 12.8 Å². The Morgan fingerprint density at radius 3 is 2.30 bits per heavy atom. The predicted octanol–water partition coefficient (Wildman–Crippen LogP) is 3.98. The van der Waals surface area contributed by atoms with Crippen molar-refractivity contribution in [2.45, 2.75) is 19.8 Å². The van der Waals surface area contributed by atoms with Crippen molar-refractivity contribution in [2.24, 2.45) is 5.92 Å². The third-order valence-corrected chi connectivity index (χ3v) is 5.62. The van der Waals surface area contributed by atoms with E-state index in [9.17, 15) is 9.59 Å². The van der Waals surface area contributed by atoms with Gasteiger partial charge in [-0.3, -0.25) is 9.59 Å². The van der Waals surface area contributed by atoms with E-state index < -0.39 is 0 Å². The lowest BCUT2D eigenvalue weighted by molar-refractivity contribution is -0.133. The normalized spacial score (nSPS) is 19.2. The monoisotopic (exact) mass is 384 g/mol. The minimum atomic E-state index is -0.228. The molecule has 5 heteroatoms. The molecular weight excluding hydrogens is 360 g/mol. The summed E-state index contributed by atoms with van der Waals surface area (Å²) in [6.45, 7) is 5.63. The average molecular weight is 385 g/mol. The Morgan fingerprint density at radius 1 is 1.07 bits per heavy atom. The van der Waals surface area contributed by atoms with E-state index in [-0.39, 0.29) is 23.7 Å². The average Bonchev–Trinajstić information content (AvgIpc) is 3.12. The lowest BCUT2D eigenvalue weighted by atomic mass is 9.87. The molecule has 0 aliphatic carbocycles. The van der Waals surface area contributed by atoms with Gasteiger partial charge in [0.05, 0.1) is 5.92 Å². The Kier molecular flexibility index (Phi) is 5.85. The van der Waals surface area contributed by atoms with Gasteiger partial charge in [-0.15, -0.1) is 0 Å². The van der Waals surface area contributed by atoms with Gasteiger partial charge < -0.3 is 9.80 Å². The molecule has 0 bridgehead atoms. The molecule has 0 radical (unpaired) electrons. The zero-order chi connectivity index (χ0) is 19.6. The van der Waals surface area contributed by atoms with Crippen LogP contribution in [0.15, 0.2) is 48.5 Å². The van der Waals surface area contributed by atoms with E-state index in [1.165, 1.54) is 5.56 Å². The maximum Gasteiger partial charge on any atom is 0.253 e. The smallest absolute Gasteiger partial charge is 0.253 e. The van der Waals surface area contributed by atoms with Crippen molar-refractivity contribution in [3.8, 4) is 0 Å². The SMILES string of the molecule is CCN(C)C(=O)[C@@H]1CN(C(=O)c2ccc(Cl)cc2)C[C@H]1c1ccc(C)cc1. The molecule has 1 aliphatic rings. The minimum Gasteiger partial charge on any atom is -0.346 e. The largest absolute Gasteiger partial charge is 0.346 e. The van der Waals surface area contributed by atoms with Gasteiger partial charge in [0.25, 0.3) is 5.91 Å². The molecule has 2 aromatic carbocycles. The summed E-state index contributed by atoms with van der Waals surface area (Å²) in [6.07, 6.45) is 0. The van der Waals surface area contributed by atoms with Gasteiger partial charge in [0.15, 0.2) is 0 Å². The van der Waals surface area contributed by atoms with E-state index in [1.807, 2.05) is 20.9 Å². The molecular formula is C22H25ClN2O2. The van der Waals surface area contributed by atoms with Crippen LogP contribution in [0.25, 0.3) is 0 Å². The first-order valence-corrected chi connectivity index (χ1v) is 9.65. The minimum absolute atomic E-state index is 0.00310. The molecule has 2 aromatic rings. The topological polar surface area (TPSA) is 40.6 Å². The van der Waals surface area contributed by atoms with E-state index in [0.29, 0.717) is 30.2 Å². The third kappa shape index (κ3) is 4.16. The molecule has 0 spiro atoms. The number of hydrogen-bond acceptors (Lipinski definition) is 2. The van der Waals surface area contributed by atoms with Gasteiger partial charge in [0, 0.05) is 43.2 Å². The third-order valence-electron chi connectivity index (χ3n) is 5.37. The first-order valence-electron chi connectivity index (χ1n) is 9.27. The van der Waals surface area contributed by atoms with Gasteiger partial charge in [-0.1, -0.05) is 41.4 Å². The maximum atomic E-state index is 13.0. The molecule has 2 atom stereocenters. The van der Waals surface area contributed by atoms with Crippen LogP contribution in [0.4, 0.5) is 0 Å². The van der Waals surface area contributed by atoms with Crippen molar-refractivity contribution in [3.05, 3.63) is 70.2 Å². The van der Waals surface area contributed by atoms with E-state index in [2.05, 4.69) is 24.3 Å². The van der Waals surface area contributed by atoms with E-state index in [1.54, 1.807) is 34.1 Å². The Balaban J connectivity index is 1.88. The summed E-state index contributed by atoms with van der Waals surface area (Å²) in [5.41, 5.74) is 2.88. The van der Waals surface area contributed by atoms with Crippen LogP contribution < -0.4 is 0 Å². The Labute approximate surface area is 165 Å². The van der Waals surface area contributed by atoms with Crippen molar-refractivity contribution in [1.29, 1.82) is 0 Å². The van der Waals surface area contributed by atoms with Gasteiger partial charge >= 0.3 is 0 Å². The standard InChI is InChI=1S/C22H25ClN2O2/c1-4-24(3)22(27)20-14-25(21(26)17-9-11-18(23)12-10-17)13-19(20)16-7-5-15(2)6-8-16/h5-12,19-20H,4,13-14H2,1-3H3/t19-,20+/m0/s1. The molecule has 0 aromatic heterocycles. The second-order valence-electron chi connectivity index (χ2n) is 7.19. The Bertz CT molecular complexity index is 817. The van der Waals surface area contributed by atoms with Gasteiger partial charge in [-0.05, 0) is 43.7 Å². The summed E-state index contributed by atoms with van der Waals surface area (Å²) in [7, 11) is 1.82. The van der Waals surface area contributed by atoms with Gasteiger partial charge in [0.2, 0.25) is 5.91 Å². The Hall–Kier alpha value is -2.33. The van der Waals surface area contributed by atoms with Crippen LogP contribution in [0.2, 0.25) is 5.02 Å². The number of aryl methyl sites for hydroxylation is 1. The fourth-order valence-electron chi connectivity index (χ4n) is 3.59. The zero-order valence-corrected chi connectivity index (χ0v) is 16.7. The van der Waals surface area contributed by atoms with Crippen LogP contribution in [-0.4, -0.2) is 48.3 Å². The fourth-order valence-corrected chi connectivity index (χ4v) is 3.71. The number of benzene rings is 2. The van der Waals surface area contributed by atoms with Gasteiger partial charge in [-0.25, -0.2) is 0 Å². The van der Waals surface area contributed by atoms with Crippen LogP contribution in [0.3, 0.4) is 0 Å². The highest BCUT2D eigenvalue weighted by Crippen LogP contribution is 2.35. The van der Waals surface area contributed by atoms with E-state index in [4.69, 9.17) is 11.6 Å². The lowest BCUT2D eigenvalue weighted by Crippen LogP contribution is -2.36. The number of rotatable bonds is 4. The molecule has 0 N–H and O–H groups in total. The number of carbonyl (C=O) groups excluding carboxylic acids is 2. The van der Waals surface area contributed by atoms with E-state index >= 15 is 0 Å². The molecule has 1 heterocycles. The van der Waals surface area contributed by atoms with E-state index in [0.717, 1.165) is 5.56 Å². The number of hydrogen-bond donors (Lipinski definition) is 0. The van der Waals surface area contributed by atoms with Gasteiger partial charge in [0.1, 0.15) is 0 Å². The van der Waals surface area contributed by atoms with Gasteiger partial charge in [-0.2, -0.15) is 0 Å². The first kappa shape index (κ1) is 19.4. The second kappa shape index (κ2) is 8.13. The molecule has 1 aliphatic heterocycles. The summed E-state index contributed by atoms with van der Waals surface area (Å²) >= 11 is 5.93. The summed E-state index contributed by atoms with van der Waals surface area (Å²) < 4.78 is 0. The van der Waals surface area contributed by atoms with Crippen molar-refractivity contribution in [3.63, 3.8) is 0 Å². The highest BCUT2D eigenvalue weighted by atomic mass is 35.5. The summed E-state index contributed by atoms with van der Waals surface area (Å²) in [4.78, 5) is 29.4. The van der Waals surface area contributed by atoms with Crippen LogP contribution in [0.1, 0.15) is 34.3 Å². The summed E-state index contributed by atoms with van der Waals surface area (Å²) in [5, 5.41) is 0.600. The maximum absolute atomic E-state index is 13.0. The van der Waals surface area contributed by atoms with Crippen molar-refractivity contribution in [2.75, 3.05) is 26.7 Å². The number of carbonyl (C=O) groups is 2. The molecule has 2 amide bonds. The number of halogens is 1.